The largest absolute Gasteiger partial charge is 0.355 e. The van der Waals surface area contributed by atoms with E-state index in [2.05, 4.69) is 15.7 Å². The van der Waals surface area contributed by atoms with Crippen LogP contribution < -0.4 is 10.6 Å². The number of rotatable bonds is 7. The van der Waals surface area contributed by atoms with Crippen LogP contribution in [0, 0.1) is 0 Å². The minimum absolute atomic E-state index is 0. The zero-order valence-corrected chi connectivity index (χ0v) is 13.8. The number of hydrogen-bond acceptors (Lipinski definition) is 3. The number of carbonyl (C=O) groups excluding carboxylic acids is 1. The van der Waals surface area contributed by atoms with Gasteiger partial charge in [-0.05, 0) is 38.1 Å². The maximum Gasteiger partial charge on any atom is 0.220 e. The lowest BCUT2D eigenvalue weighted by Crippen LogP contribution is -2.37. The fourth-order valence-electron chi connectivity index (χ4n) is 1.93. The molecule has 0 spiro atoms. The van der Waals surface area contributed by atoms with Crippen molar-refractivity contribution >= 4 is 18.3 Å². The van der Waals surface area contributed by atoms with Gasteiger partial charge in [0.05, 0.1) is 11.9 Å². The van der Waals surface area contributed by atoms with Gasteiger partial charge in [0, 0.05) is 25.2 Å². The van der Waals surface area contributed by atoms with Crippen LogP contribution in [0.3, 0.4) is 0 Å². The summed E-state index contributed by atoms with van der Waals surface area (Å²) in [6, 6.07) is 10.2. The van der Waals surface area contributed by atoms with Gasteiger partial charge in [-0.3, -0.25) is 4.79 Å². The number of hydrogen-bond donors (Lipinski definition) is 2. The second-order valence-corrected chi connectivity index (χ2v) is 5.12. The summed E-state index contributed by atoms with van der Waals surface area (Å²) in [5.41, 5.74) is 2.09. The molecule has 22 heavy (non-hydrogen) atoms. The number of aromatic nitrogens is 2. The Balaban J connectivity index is 0.00000242. The number of nitrogens with one attached hydrogen (secondary N) is 2. The molecular formula is C16H23ClN4O. The third-order valence-corrected chi connectivity index (χ3v) is 3.40. The Hall–Kier alpha value is -1.85. The molecule has 1 amide bonds. The van der Waals surface area contributed by atoms with Crippen LogP contribution in [0.15, 0.2) is 42.7 Å². The summed E-state index contributed by atoms with van der Waals surface area (Å²) in [6.45, 7) is 2.68. The molecule has 2 aromatic rings. The minimum Gasteiger partial charge on any atom is -0.355 e. The van der Waals surface area contributed by atoms with Crippen LogP contribution in [0.25, 0.3) is 5.69 Å². The van der Waals surface area contributed by atoms with E-state index in [1.807, 2.05) is 61.4 Å². The first kappa shape index (κ1) is 18.2. The van der Waals surface area contributed by atoms with E-state index in [-0.39, 0.29) is 24.4 Å². The van der Waals surface area contributed by atoms with Crippen molar-refractivity contribution in [2.24, 2.45) is 0 Å². The Morgan fingerprint density at radius 1 is 1.32 bits per heavy atom. The molecule has 0 aliphatic heterocycles. The third-order valence-electron chi connectivity index (χ3n) is 3.40. The van der Waals surface area contributed by atoms with Gasteiger partial charge in [0.1, 0.15) is 0 Å². The van der Waals surface area contributed by atoms with E-state index in [9.17, 15) is 4.79 Å². The lowest BCUT2D eigenvalue weighted by atomic mass is 10.2. The van der Waals surface area contributed by atoms with E-state index in [1.165, 1.54) is 0 Å². The molecule has 6 heteroatoms. The molecule has 0 aliphatic rings. The zero-order chi connectivity index (χ0) is 15.1. The van der Waals surface area contributed by atoms with Gasteiger partial charge in [0.2, 0.25) is 5.91 Å². The molecule has 1 heterocycles. The van der Waals surface area contributed by atoms with Gasteiger partial charge >= 0.3 is 0 Å². The summed E-state index contributed by atoms with van der Waals surface area (Å²) in [5, 5.41) is 10.3. The molecular weight excluding hydrogens is 300 g/mol. The predicted octanol–water partition coefficient (Wildman–Crippen LogP) is 1.95. The average Bonchev–Trinajstić information content (AvgIpc) is 3.00. The lowest BCUT2D eigenvalue weighted by Gasteiger charge is -2.10. The van der Waals surface area contributed by atoms with Crippen LogP contribution >= 0.6 is 12.4 Å². The number of nitrogens with zero attached hydrogens (tertiary/aromatic N) is 2. The molecule has 0 bridgehead atoms. The van der Waals surface area contributed by atoms with Crippen molar-refractivity contribution in [2.45, 2.75) is 25.8 Å². The fourth-order valence-corrected chi connectivity index (χ4v) is 1.93. The van der Waals surface area contributed by atoms with Crippen molar-refractivity contribution in [2.75, 3.05) is 13.6 Å². The Morgan fingerprint density at radius 2 is 2.05 bits per heavy atom. The van der Waals surface area contributed by atoms with E-state index in [4.69, 9.17) is 0 Å². The number of amides is 1. The van der Waals surface area contributed by atoms with E-state index < -0.39 is 0 Å². The molecule has 1 aromatic heterocycles. The van der Waals surface area contributed by atoms with Gasteiger partial charge in [0.25, 0.3) is 0 Å². The topological polar surface area (TPSA) is 58.9 Å². The molecule has 120 valence electrons. The smallest absolute Gasteiger partial charge is 0.220 e. The summed E-state index contributed by atoms with van der Waals surface area (Å²) in [4.78, 5) is 11.7. The van der Waals surface area contributed by atoms with Crippen LogP contribution in [-0.4, -0.2) is 35.3 Å². The van der Waals surface area contributed by atoms with Crippen LogP contribution in [-0.2, 0) is 11.2 Å². The van der Waals surface area contributed by atoms with Gasteiger partial charge in [-0.15, -0.1) is 12.4 Å². The first-order chi connectivity index (χ1) is 10.2. The predicted molar refractivity (Wildman–Crippen MR) is 90.7 cm³/mol. The molecule has 0 radical (unpaired) electrons. The van der Waals surface area contributed by atoms with Crippen molar-refractivity contribution in [1.82, 2.24) is 20.4 Å². The van der Waals surface area contributed by atoms with Gasteiger partial charge in [-0.2, -0.15) is 5.10 Å². The number of para-hydroxylation sites is 1. The standard InChI is InChI=1S/C16H22N4O.ClH/c1-13(17-2)10-18-16(21)9-8-14-11-19-20(12-14)15-6-4-3-5-7-15;/h3-7,11-13,17H,8-10H2,1-2H3,(H,18,21);1H. The molecule has 0 aliphatic carbocycles. The Kier molecular flexibility index (Phi) is 7.63. The van der Waals surface area contributed by atoms with Crippen molar-refractivity contribution in [3.63, 3.8) is 0 Å². The van der Waals surface area contributed by atoms with Gasteiger partial charge in [0.15, 0.2) is 0 Å². The minimum atomic E-state index is 0. The summed E-state index contributed by atoms with van der Waals surface area (Å²) in [7, 11) is 1.88. The monoisotopic (exact) mass is 322 g/mol. The van der Waals surface area contributed by atoms with Gasteiger partial charge < -0.3 is 10.6 Å². The maximum atomic E-state index is 11.7. The second-order valence-electron chi connectivity index (χ2n) is 5.12. The zero-order valence-electron chi connectivity index (χ0n) is 13.0. The molecule has 2 N–H and O–H groups in total. The first-order valence-corrected chi connectivity index (χ1v) is 7.22. The molecule has 0 fully saturated rings. The number of benzene rings is 1. The highest BCUT2D eigenvalue weighted by atomic mass is 35.5. The van der Waals surface area contributed by atoms with E-state index in [0.29, 0.717) is 19.4 Å². The summed E-state index contributed by atoms with van der Waals surface area (Å²) < 4.78 is 1.83. The van der Waals surface area contributed by atoms with Crippen molar-refractivity contribution in [3.05, 3.63) is 48.3 Å². The van der Waals surface area contributed by atoms with Crippen LogP contribution in [0.5, 0.6) is 0 Å². The van der Waals surface area contributed by atoms with Crippen molar-refractivity contribution < 1.29 is 4.79 Å². The molecule has 2 rings (SSSR count). The fraction of sp³-hybridized carbons (Fsp3) is 0.375. The first-order valence-electron chi connectivity index (χ1n) is 7.22. The van der Waals surface area contributed by atoms with Crippen LogP contribution in [0.1, 0.15) is 18.9 Å². The molecule has 1 atom stereocenters. The Labute approximate surface area is 137 Å². The van der Waals surface area contributed by atoms with Crippen molar-refractivity contribution in [1.29, 1.82) is 0 Å². The van der Waals surface area contributed by atoms with Crippen LogP contribution in [0.2, 0.25) is 0 Å². The van der Waals surface area contributed by atoms with Crippen molar-refractivity contribution in [3.8, 4) is 5.69 Å². The number of carbonyl (C=O) groups is 1. The lowest BCUT2D eigenvalue weighted by molar-refractivity contribution is -0.121. The highest BCUT2D eigenvalue weighted by Gasteiger charge is 2.06. The molecule has 0 saturated heterocycles. The SMILES string of the molecule is CNC(C)CNC(=O)CCc1cnn(-c2ccccc2)c1.Cl. The third kappa shape index (κ3) is 5.50. The number of aryl methyl sites for hydroxylation is 1. The Bertz CT molecular complexity index is 571. The second kappa shape index (κ2) is 9.23. The summed E-state index contributed by atoms with van der Waals surface area (Å²) >= 11 is 0. The number of halogens is 1. The molecule has 5 nitrogen and oxygen atoms in total. The van der Waals surface area contributed by atoms with E-state index in [1.54, 1.807) is 0 Å². The number of likely N-dealkylation sites (N-methyl/N-ethyl adjacent to an activating group) is 1. The summed E-state index contributed by atoms with van der Waals surface area (Å²) in [6.07, 6.45) is 4.97. The average molecular weight is 323 g/mol. The van der Waals surface area contributed by atoms with Gasteiger partial charge in [-0.25, -0.2) is 4.68 Å². The van der Waals surface area contributed by atoms with Gasteiger partial charge in [-0.1, -0.05) is 18.2 Å². The molecule has 0 saturated carbocycles. The quantitative estimate of drug-likeness (QED) is 0.819. The highest BCUT2D eigenvalue weighted by molar-refractivity contribution is 5.85. The van der Waals surface area contributed by atoms with E-state index >= 15 is 0 Å². The Morgan fingerprint density at radius 3 is 2.73 bits per heavy atom. The van der Waals surface area contributed by atoms with E-state index in [0.717, 1.165) is 11.3 Å². The normalized spacial score (nSPS) is 11.5. The molecule has 1 aromatic carbocycles. The van der Waals surface area contributed by atoms with Crippen LogP contribution in [0.4, 0.5) is 0 Å². The maximum absolute atomic E-state index is 11.7. The summed E-state index contributed by atoms with van der Waals surface area (Å²) in [5.74, 6) is 0.0737. The highest BCUT2D eigenvalue weighted by Crippen LogP contribution is 2.09. The molecule has 1 unspecified atom stereocenters.